The number of hydrogen-bond acceptors (Lipinski definition) is 4. The zero-order valence-electron chi connectivity index (χ0n) is 12.6. The molecule has 1 aromatic carbocycles. The molecule has 1 amide bonds. The maximum Gasteiger partial charge on any atom is 0.271 e. The van der Waals surface area contributed by atoms with Gasteiger partial charge in [0.25, 0.3) is 5.91 Å². The molecular weight excluding hydrogens is 310 g/mol. The molecule has 2 N–H and O–H groups in total. The van der Waals surface area contributed by atoms with Crippen molar-refractivity contribution in [2.45, 2.75) is 13.0 Å². The standard InChI is InChI=1S/C17H17N3O2S/c1-12-15(19-17(23-12)20-9-5-6-10-20)16(22)18-14(11-21)13-7-3-2-4-8-13/h2-10,14,21H,11H2,1H3,(H,18,22)/t14-/m1/s1. The Balaban J connectivity index is 1.80. The lowest BCUT2D eigenvalue weighted by Crippen LogP contribution is -2.31. The first kappa shape index (κ1) is 15.5. The van der Waals surface area contributed by atoms with E-state index in [-0.39, 0.29) is 12.5 Å². The highest BCUT2D eigenvalue weighted by Gasteiger charge is 2.20. The molecule has 1 atom stereocenters. The number of aliphatic hydroxyl groups excluding tert-OH is 1. The number of aliphatic hydroxyl groups is 1. The molecule has 0 aliphatic heterocycles. The minimum Gasteiger partial charge on any atom is -0.394 e. The van der Waals surface area contributed by atoms with Crippen LogP contribution in [0.2, 0.25) is 0 Å². The van der Waals surface area contributed by atoms with Crippen molar-refractivity contribution >= 4 is 17.2 Å². The summed E-state index contributed by atoms with van der Waals surface area (Å²) < 4.78 is 1.87. The van der Waals surface area contributed by atoms with Crippen LogP contribution in [0.15, 0.2) is 54.9 Å². The van der Waals surface area contributed by atoms with Crippen molar-refractivity contribution in [3.63, 3.8) is 0 Å². The van der Waals surface area contributed by atoms with Crippen LogP contribution >= 0.6 is 11.3 Å². The van der Waals surface area contributed by atoms with Gasteiger partial charge in [-0.15, -0.1) is 11.3 Å². The second-order valence-electron chi connectivity index (χ2n) is 5.11. The zero-order valence-corrected chi connectivity index (χ0v) is 13.5. The van der Waals surface area contributed by atoms with Crippen LogP contribution in [0, 0.1) is 6.92 Å². The lowest BCUT2D eigenvalue weighted by atomic mass is 10.1. The third-order valence-electron chi connectivity index (χ3n) is 3.52. The topological polar surface area (TPSA) is 67.2 Å². The Labute approximate surface area is 138 Å². The van der Waals surface area contributed by atoms with E-state index in [0.717, 1.165) is 15.6 Å². The molecule has 0 aliphatic rings. The lowest BCUT2D eigenvalue weighted by molar-refractivity contribution is 0.0911. The van der Waals surface area contributed by atoms with Crippen LogP contribution < -0.4 is 5.32 Å². The fourth-order valence-corrected chi connectivity index (χ4v) is 3.18. The summed E-state index contributed by atoms with van der Waals surface area (Å²) in [6.45, 7) is 1.71. The number of rotatable bonds is 5. The number of carbonyl (C=O) groups is 1. The fraction of sp³-hybridized carbons (Fsp3) is 0.176. The summed E-state index contributed by atoms with van der Waals surface area (Å²) in [5, 5.41) is 13.2. The van der Waals surface area contributed by atoms with Gasteiger partial charge in [-0.25, -0.2) is 4.98 Å². The normalized spacial score (nSPS) is 12.1. The van der Waals surface area contributed by atoms with Gasteiger partial charge in [-0.05, 0) is 24.6 Å². The predicted octanol–water partition coefficient (Wildman–Crippen LogP) is 2.71. The summed E-state index contributed by atoms with van der Waals surface area (Å²) in [7, 11) is 0. The van der Waals surface area contributed by atoms with Gasteiger partial charge < -0.3 is 15.0 Å². The van der Waals surface area contributed by atoms with Crippen molar-refractivity contribution in [1.29, 1.82) is 0 Å². The molecule has 0 fully saturated rings. The highest BCUT2D eigenvalue weighted by atomic mass is 32.1. The summed E-state index contributed by atoms with van der Waals surface area (Å²) in [5.41, 5.74) is 1.26. The quantitative estimate of drug-likeness (QED) is 0.757. The first-order valence-electron chi connectivity index (χ1n) is 7.26. The van der Waals surface area contributed by atoms with Gasteiger partial charge in [0.05, 0.1) is 12.6 Å². The molecule has 6 heteroatoms. The number of aromatic nitrogens is 2. The predicted molar refractivity (Wildman–Crippen MR) is 89.9 cm³/mol. The molecule has 0 unspecified atom stereocenters. The van der Waals surface area contributed by atoms with Crippen molar-refractivity contribution in [2.75, 3.05) is 6.61 Å². The number of nitrogens with zero attached hydrogens (tertiary/aromatic N) is 2. The van der Waals surface area contributed by atoms with E-state index in [2.05, 4.69) is 10.3 Å². The molecule has 23 heavy (non-hydrogen) atoms. The Morgan fingerprint density at radius 2 is 1.96 bits per heavy atom. The van der Waals surface area contributed by atoms with E-state index in [9.17, 15) is 9.90 Å². The highest BCUT2D eigenvalue weighted by molar-refractivity contribution is 7.14. The van der Waals surface area contributed by atoms with E-state index in [1.807, 2.05) is 66.3 Å². The molecule has 0 bridgehead atoms. The molecule has 0 saturated heterocycles. The van der Waals surface area contributed by atoms with Gasteiger partial charge in [-0.1, -0.05) is 30.3 Å². The zero-order chi connectivity index (χ0) is 16.2. The fourth-order valence-electron chi connectivity index (χ4n) is 2.31. The minimum absolute atomic E-state index is 0.163. The first-order chi connectivity index (χ1) is 11.2. The molecular formula is C17H17N3O2S. The Morgan fingerprint density at radius 3 is 2.61 bits per heavy atom. The van der Waals surface area contributed by atoms with Crippen molar-refractivity contribution < 1.29 is 9.90 Å². The SMILES string of the molecule is Cc1sc(-n2cccc2)nc1C(=O)N[C@H](CO)c1ccccc1. The van der Waals surface area contributed by atoms with Crippen molar-refractivity contribution in [1.82, 2.24) is 14.9 Å². The molecule has 0 spiro atoms. The molecule has 0 saturated carbocycles. The maximum absolute atomic E-state index is 12.5. The number of benzene rings is 1. The minimum atomic E-state index is -0.445. The molecule has 3 aromatic rings. The first-order valence-corrected chi connectivity index (χ1v) is 8.08. The van der Waals surface area contributed by atoms with Crippen LogP contribution in [-0.4, -0.2) is 27.2 Å². The second-order valence-corrected chi connectivity index (χ2v) is 6.29. The van der Waals surface area contributed by atoms with Crippen LogP contribution in [0.1, 0.15) is 27.0 Å². The molecule has 2 aromatic heterocycles. The Morgan fingerprint density at radius 1 is 1.26 bits per heavy atom. The molecule has 0 aliphatic carbocycles. The van der Waals surface area contributed by atoms with Crippen molar-refractivity contribution in [3.05, 3.63) is 71.0 Å². The summed E-state index contributed by atoms with van der Waals surface area (Å²) in [6, 6.07) is 12.8. The highest BCUT2D eigenvalue weighted by Crippen LogP contribution is 2.22. The summed E-state index contributed by atoms with van der Waals surface area (Å²) >= 11 is 1.46. The second kappa shape index (κ2) is 6.76. The van der Waals surface area contributed by atoms with Crippen molar-refractivity contribution in [2.24, 2.45) is 0 Å². The van der Waals surface area contributed by atoms with Crippen LogP contribution in [0.25, 0.3) is 5.13 Å². The smallest absolute Gasteiger partial charge is 0.271 e. The number of thiazole rings is 1. The molecule has 3 rings (SSSR count). The van der Waals surface area contributed by atoms with E-state index in [4.69, 9.17) is 0 Å². The Kier molecular flexibility index (Phi) is 4.55. The van der Waals surface area contributed by atoms with E-state index >= 15 is 0 Å². The van der Waals surface area contributed by atoms with Gasteiger partial charge in [-0.3, -0.25) is 4.79 Å². The van der Waals surface area contributed by atoms with E-state index in [1.54, 1.807) is 0 Å². The van der Waals surface area contributed by atoms with Crippen LogP contribution in [0.4, 0.5) is 0 Å². The van der Waals surface area contributed by atoms with Gasteiger partial charge in [0, 0.05) is 17.3 Å². The molecule has 0 radical (unpaired) electrons. The van der Waals surface area contributed by atoms with Crippen LogP contribution in [0.5, 0.6) is 0 Å². The average molecular weight is 327 g/mol. The van der Waals surface area contributed by atoms with Crippen LogP contribution in [0.3, 0.4) is 0 Å². The molecule has 118 valence electrons. The lowest BCUT2D eigenvalue weighted by Gasteiger charge is -2.16. The average Bonchev–Trinajstić information content (AvgIpc) is 3.22. The summed E-state index contributed by atoms with van der Waals surface area (Å²) in [4.78, 5) is 17.8. The van der Waals surface area contributed by atoms with E-state index < -0.39 is 6.04 Å². The van der Waals surface area contributed by atoms with E-state index in [0.29, 0.717) is 5.69 Å². The summed E-state index contributed by atoms with van der Waals surface area (Å²) in [5.74, 6) is -0.278. The molecule has 2 heterocycles. The number of carbonyl (C=O) groups excluding carboxylic acids is 1. The van der Waals surface area contributed by atoms with Gasteiger partial charge in [-0.2, -0.15) is 0 Å². The van der Waals surface area contributed by atoms with Gasteiger partial charge in [0.1, 0.15) is 5.69 Å². The number of aryl methyl sites for hydroxylation is 1. The summed E-state index contributed by atoms with van der Waals surface area (Å²) in [6.07, 6.45) is 3.78. The molecule has 5 nitrogen and oxygen atoms in total. The monoisotopic (exact) mass is 327 g/mol. The van der Waals surface area contributed by atoms with Gasteiger partial charge >= 0.3 is 0 Å². The van der Waals surface area contributed by atoms with Gasteiger partial charge in [0.15, 0.2) is 5.13 Å². The Hall–Kier alpha value is -2.44. The number of nitrogens with one attached hydrogen (secondary N) is 1. The largest absolute Gasteiger partial charge is 0.394 e. The maximum atomic E-state index is 12.5. The van der Waals surface area contributed by atoms with Gasteiger partial charge in [0.2, 0.25) is 0 Å². The Bertz CT molecular complexity index is 782. The third-order valence-corrected chi connectivity index (χ3v) is 4.50. The van der Waals surface area contributed by atoms with Crippen LogP contribution in [-0.2, 0) is 0 Å². The number of hydrogen-bond donors (Lipinski definition) is 2. The van der Waals surface area contributed by atoms with E-state index in [1.165, 1.54) is 11.3 Å². The van der Waals surface area contributed by atoms with Crippen molar-refractivity contribution in [3.8, 4) is 5.13 Å². The number of amides is 1. The third kappa shape index (κ3) is 3.33.